The zero-order valence-electron chi connectivity index (χ0n) is 5.55. The Bertz CT molecular complexity index is 72.8. The zero-order valence-corrected chi connectivity index (χ0v) is 7.18. The summed E-state index contributed by atoms with van der Waals surface area (Å²) in [5.41, 5.74) is 0. The first kappa shape index (κ1) is 9.04. The van der Waals surface area contributed by atoms with E-state index in [4.69, 9.17) is 0 Å². The van der Waals surface area contributed by atoms with Gasteiger partial charge in [-0.3, -0.25) is 0 Å². The second kappa shape index (κ2) is 6.16. The van der Waals surface area contributed by atoms with E-state index in [-0.39, 0.29) is 0 Å². The van der Waals surface area contributed by atoms with Gasteiger partial charge in [-0.15, -0.1) is 0 Å². The van der Waals surface area contributed by atoms with E-state index in [0.29, 0.717) is 3.92 Å². The predicted molar refractivity (Wildman–Crippen MR) is 45.7 cm³/mol. The molecule has 0 bridgehead atoms. The van der Waals surface area contributed by atoms with E-state index in [1.165, 1.54) is 0 Å². The van der Waals surface area contributed by atoms with E-state index in [0.717, 1.165) is 0 Å². The summed E-state index contributed by atoms with van der Waals surface area (Å²) < 4.78 is 0.669. The van der Waals surface area contributed by atoms with Crippen molar-refractivity contribution in [3.63, 3.8) is 0 Å². The molecule has 3 heteroatoms. The summed E-state index contributed by atoms with van der Waals surface area (Å²) in [5, 5.41) is 2.13. The number of hydrogen-bond donors (Lipinski definition) is 0. The van der Waals surface area contributed by atoms with Crippen molar-refractivity contribution in [3.8, 4) is 0 Å². The maximum atomic E-state index is 2.20. The fraction of sp³-hybridized carbons (Fsp3) is 0.600. The van der Waals surface area contributed by atoms with Gasteiger partial charge in [-0.25, -0.2) is 0 Å². The van der Waals surface area contributed by atoms with Crippen molar-refractivity contribution in [3.05, 3.63) is 11.5 Å². The Labute approximate surface area is 69.1 Å². The molecule has 8 heavy (non-hydrogen) atoms. The average Bonchev–Trinajstić information content (AvgIpc) is 1.83. The van der Waals surface area contributed by atoms with Gasteiger partial charge in [0.2, 0.25) is 0 Å². The van der Waals surface area contributed by atoms with Gasteiger partial charge in [0.05, 0.1) is 0 Å². The van der Waals surface area contributed by atoms with Crippen LogP contribution in [-0.2, 0) is 0 Å². The molecule has 0 aliphatic heterocycles. The molecular formula is C5H9LiS2. The van der Waals surface area contributed by atoms with Gasteiger partial charge in [-0.2, -0.15) is 0 Å². The minimum absolute atomic E-state index is 0.669. The molecule has 0 saturated heterocycles. The fourth-order valence-electron chi connectivity index (χ4n) is 0.268. The topological polar surface area (TPSA) is 0 Å². The molecule has 0 saturated carbocycles. The van der Waals surface area contributed by atoms with Crippen LogP contribution in [0.2, 0.25) is 0 Å². The second-order valence-corrected chi connectivity index (χ2v) is 3.46. The molecule has 0 rings (SSSR count). The summed E-state index contributed by atoms with van der Waals surface area (Å²) in [5.74, 6) is 0. The maximum absolute atomic E-state index is 2.20. The van der Waals surface area contributed by atoms with Crippen LogP contribution >= 0.6 is 23.5 Å². The van der Waals surface area contributed by atoms with Crippen LogP contribution in [0.25, 0.3) is 0 Å². The molecule has 0 heterocycles. The monoisotopic (exact) mass is 140 g/mol. The van der Waals surface area contributed by atoms with Crippen LogP contribution in [0.1, 0.15) is 0 Å². The Morgan fingerprint density at radius 3 is 2.50 bits per heavy atom. The molecule has 0 aliphatic rings. The Morgan fingerprint density at radius 1 is 1.50 bits per heavy atom. The molecule has 42 valence electrons. The summed E-state index contributed by atoms with van der Waals surface area (Å²) in [7, 11) is 0. The Morgan fingerprint density at radius 2 is 2.12 bits per heavy atom. The summed E-state index contributed by atoms with van der Waals surface area (Å²) in [6.45, 7) is 0. The van der Waals surface area contributed by atoms with E-state index in [1.807, 2.05) is 11.8 Å². The predicted octanol–water partition coefficient (Wildman–Crippen LogP) is 1.72. The van der Waals surface area contributed by atoms with Gasteiger partial charge < -0.3 is 0 Å². The summed E-state index contributed by atoms with van der Waals surface area (Å²) in [4.78, 5) is 0. The summed E-state index contributed by atoms with van der Waals surface area (Å²) in [6.07, 6.45) is 6.40. The third-order valence-corrected chi connectivity index (χ3v) is 2.19. The molecular weight excluding hydrogens is 131 g/mol. The number of rotatable bonds is 3. The summed E-state index contributed by atoms with van der Waals surface area (Å²) >= 11 is 5.81. The SMILES string of the molecule is [Li][CH](/C=C/SC)SC. The third-order valence-electron chi connectivity index (χ3n) is 0.857. The van der Waals surface area contributed by atoms with Crippen LogP contribution in [0.15, 0.2) is 11.5 Å². The van der Waals surface area contributed by atoms with Gasteiger partial charge in [0, 0.05) is 0 Å². The Kier molecular flexibility index (Phi) is 6.96. The Balaban J connectivity index is 3.21. The molecule has 0 aromatic rings. The van der Waals surface area contributed by atoms with Gasteiger partial charge in [-0.1, -0.05) is 0 Å². The fourth-order valence-corrected chi connectivity index (χ4v) is 0.996. The minimum atomic E-state index is 0.669. The van der Waals surface area contributed by atoms with E-state index in [2.05, 4.69) is 41.7 Å². The van der Waals surface area contributed by atoms with E-state index >= 15 is 0 Å². The number of thioether (sulfide) groups is 2. The average molecular weight is 140 g/mol. The number of hydrogen-bond acceptors (Lipinski definition) is 2. The van der Waals surface area contributed by atoms with Gasteiger partial charge in [0.25, 0.3) is 0 Å². The van der Waals surface area contributed by atoms with Crippen molar-refractivity contribution in [2.24, 2.45) is 0 Å². The molecule has 0 radical (unpaired) electrons. The summed E-state index contributed by atoms with van der Waals surface area (Å²) in [6, 6.07) is 0. The molecule has 1 unspecified atom stereocenters. The molecule has 1 atom stereocenters. The Hall–Kier alpha value is 1.04. The first-order valence-electron chi connectivity index (χ1n) is 2.53. The van der Waals surface area contributed by atoms with Gasteiger partial charge in [0.15, 0.2) is 0 Å². The molecule has 0 amide bonds. The van der Waals surface area contributed by atoms with Crippen molar-refractivity contribution in [1.29, 1.82) is 0 Å². The van der Waals surface area contributed by atoms with Crippen molar-refractivity contribution in [1.82, 2.24) is 0 Å². The molecule has 0 aliphatic carbocycles. The molecule has 0 fully saturated rings. The van der Waals surface area contributed by atoms with Crippen molar-refractivity contribution >= 4 is 41.2 Å². The van der Waals surface area contributed by atoms with Crippen LogP contribution < -0.4 is 0 Å². The molecule has 0 nitrogen and oxygen atoms in total. The molecule has 0 aromatic heterocycles. The van der Waals surface area contributed by atoms with Crippen LogP contribution in [0.4, 0.5) is 0 Å². The van der Waals surface area contributed by atoms with E-state index in [1.54, 1.807) is 11.8 Å². The normalized spacial score (nSPS) is 15.0. The van der Waals surface area contributed by atoms with Crippen LogP contribution in [-0.4, -0.2) is 34.1 Å². The van der Waals surface area contributed by atoms with Crippen LogP contribution in [0.3, 0.4) is 0 Å². The van der Waals surface area contributed by atoms with Crippen molar-refractivity contribution in [2.75, 3.05) is 12.5 Å². The van der Waals surface area contributed by atoms with Gasteiger partial charge in [-0.05, 0) is 0 Å². The van der Waals surface area contributed by atoms with Gasteiger partial charge in [0.1, 0.15) is 0 Å². The van der Waals surface area contributed by atoms with E-state index < -0.39 is 0 Å². The quantitative estimate of drug-likeness (QED) is 0.547. The van der Waals surface area contributed by atoms with Crippen LogP contribution in [0, 0.1) is 0 Å². The van der Waals surface area contributed by atoms with Gasteiger partial charge >= 0.3 is 69.2 Å². The third kappa shape index (κ3) is 5.18. The van der Waals surface area contributed by atoms with Crippen molar-refractivity contribution in [2.45, 2.75) is 3.92 Å². The first-order chi connectivity index (χ1) is 3.81. The van der Waals surface area contributed by atoms with Crippen LogP contribution in [0.5, 0.6) is 0 Å². The standard InChI is InChI=1S/C5H9S2.Li/c1-6-4-3-5-7-2;/h3-5H,1-2H3;/b4-3+;. The first-order valence-corrected chi connectivity index (χ1v) is 5.11. The molecule has 0 N–H and O–H groups in total. The molecule has 0 aromatic carbocycles. The molecule has 0 spiro atoms. The second-order valence-electron chi connectivity index (χ2n) is 1.51. The van der Waals surface area contributed by atoms with E-state index in [9.17, 15) is 0 Å². The zero-order chi connectivity index (χ0) is 6.41. The van der Waals surface area contributed by atoms with Crippen molar-refractivity contribution < 1.29 is 0 Å².